The van der Waals surface area contributed by atoms with Crippen LogP contribution in [0.4, 0.5) is 0 Å². The Balaban J connectivity index is 2.00. The minimum atomic E-state index is 0.272. The second-order valence-electron chi connectivity index (χ2n) is 5.07. The average Bonchev–Trinajstić information content (AvgIpc) is 2.48. The summed E-state index contributed by atoms with van der Waals surface area (Å²) in [5.41, 5.74) is 0. The van der Waals surface area contributed by atoms with Crippen molar-refractivity contribution in [2.24, 2.45) is 0 Å². The summed E-state index contributed by atoms with van der Waals surface area (Å²) in [5, 5.41) is 3.14. The highest BCUT2D eigenvalue weighted by atomic mass is 16.1. The average molecular weight is 225 g/mol. The van der Waals surface area contributed by atoms with Crippen LogP contribution in [0.3, 0.4) is 0 Å². The van der Waals surface area contributed by atoms with E-state index in [1.165, 1.54) is 57.8 Å². The molecule has 1 atom stereocenters. The molecule has 1 N–H and O–H groups in total. The lowest BCUT2D eigenvalue weighted by Crippen LogP contribution is -2.32. The van der Waals surface area contributed by atoms with Crippen molar-refractivity contribution in [2.45, 2.75) is 83.6 Å². The van der Waals surface area contributed by atoms with Gasteiger partial charge in [0, 0.05) is 12.5 Å². The highest BCUT2D eigenvalue weighted by molar-refractivity contribution is 5.76. The molecule has 0 bridgehead atoms. The molecule has 1 heterocycles. The standard InChI is InChI=1S/C14H27NO/c1-2-3-4-5-6-7-10-13-11-8-9-12-14(16)15-13/h13H,2-12H2,1H3,(H,15,16). The van der Waals surface area contributed by atoms with Crippen molar-refractivity contribution in [1.29, 1.82) is 0 Å². The Labute approximate surface area is 100 Å². The van der Waals surface area contributed by atoms with Crippen LogP contribution in [-0.4, -0.2) is 11.9 Å². The summed E-state index contributed by atoms with van der Waals surface area (Å²) in [6.45, 7) is 2.25. The van der Waals surface area contributed by atoms with E-state index in [1.807, 2.05) is 0 Å². The van der Waals surface area contributed by atoms with Crippen LogP contribution < -0.4 is 5.32 Å². The number of hydrogen-bond acceptors (Lipinski definition) is 1. The molecule has 1 unspecified atom stereocenters. The third kappa shape index (κ3) is 6.14. The first-order valence-corrected chi connectivity index (χ1v) is 7.12. The van der Waals surface area contributed by atoms with E-state index in [2.05, 4.69) is 12.2 Å². The summed E-state index contributed by atoms with van der Waals surface area (Å²) in [6, 6.07) is 0.473. The first kappa shape index (κ1) is 13.5. The normalized spacial score (nSPS) is 21.6. The number of nitrogens with one attached hydrogen (secondary N) is 1. The van der Waals surface area contributed by atoms with Crippen LogP contribution in [0.25, 0.3) is 0 Å². The van der Waals surface area contributed by atoms with Crippen molar-refractivity contribution >= 4 is 5.91 Å². The van der Waals surface area contributed by atoms with Gasteiger partial charge in [-0.25, -0.2) is 0 Å². The molecule has 0 aromatic carbocycles. The smallest absolute Gasteiger partial charge is 0.220 e. The summed E-state index contributed by atoms with van der Waals surface area (Å²) >= 11 is 0. The molecule has 0 spiro atoms. The van der Waals surface area contributed by atoms with E-state index in [1.54, 1.807) is 0 Å². The molecule has 2 nitrogen and oxygen atoms in total. The van der Waals surface area contributed by atoms with Gasteiger partial charge in [-0.2, -0.15) is 0 Å². The number of carbonyl (C=O) groups excluding carboxylic acids is 1. The maximum atomic E-state index is 11.4. The second-order valence-corrected chi connectivity index (χ2v) is 5.07. The van der Waals surface area contributed by atoms with Crippen molar-refractivity contribution in [3.63, 3.8) is 0 Å². The van der Waals surface area contributed by atoms with Gasteiger partial charge in [0.2, 0.25) is 5.91 Å². The van der Waals surface area contributed by atoms with Gasteiger partial charge in [0.15, 0.2) is 0 Å². The molecular formula is C14H27NO. The molecule has 1 aliphatic heterocycles. The van der Waals surface area contributed by atoms with Gasteiger partial charge in [0.25, 0.3) is 0 Å². The van der Waals surface area contributed by atoms with Gasteiger partial charge in [-0.3, -0.25) is 4.79 Å². The quantitative estimate of drug-likeness (QED) is 0.656. The van der Waals surface area contributed by atoms with Gasteiger partial charge < -0.3 is 5.32 Å². The lowest BCUT2D eigenvalue weighted by molar-refractivity contribution is -0.121. The lowest BCUT2D eigenvalue weighted by Gasteiger charge is -2.15. The van der Waals surface area contributed by atoms with Crippen molar-refractivity contribution in [1.82, 2.24) is 5.32 Å². The zero-order chi connectivity index (χ0) is 11.6. The zero-order valence-corrected chi connectivity index (χ0v) is 10.8. The molecule has 1 saturated heterocycles. The monoisotopic (exact) mass is 225 g/mol. The number of unbranched alkanes of at least 4 members (excludes halogenated alkanes) is 5. The van der Waals surface area contributed by atoms with Gasteiger partial charge in [0.1, 0.15) is 0 Å². The highest BCUT2D eigenvalue weighted by Gasteiger charge is 2.15. The fourth-order valence-electron chi connectivity index (χ4n) is 2.44. The van der Waals surface area contributed by atoms with Gasteiger partial charge in [-0.05, 0) is 19.3 Å². The third-order valence-corrected chi connectivity index (χ3v) is 3.48. The topological polar surface area (TPSA) is 29.1 Å². The lowest BCUT2D eigenvalue weighted by atomic mass is 10.0. The zero-order valence-electron chi connectivity index (χ0n) is 10.8. The summed E-state index contributed by atoms with van der Waals surface area (Å²) in [7, 11) is 0. The molecule has 94 valence electrons. The van der Waals surface area contributed by atoms with E-state index in [4.69, 9.17) is 0 Å². The van der Waals surface area contributed by atoms with Crippen LogP contribution >= 0.6 is 0 Å². The van der Waals surface area contributed by atoms with Crippen LogP contribution in [0, 0.1) is 0 Å². The summed E-state index contributed by atoms with van der Waals surface area (Å²) in [5.74, 6) is 0.272. The predicted octanol–water partition coefficient (Wildman–Crippen LogP) is 3.80. The molecule has 2 heteroatoms. The minimum absolute atomic E-state index is 0.272. The van der Waals surface area contributed by atoms with Crippen molar-refractivity contribution in [3.05, 3.63) is 0 Å². The van der Waals surface area contributed by atoms with Crippen LogP contribution in [0.5, 0.6) is 0 Å². The summed E-state index contributed by atoms with van der Waals surface area (Å²) in [4.78, 5) is 11.4. The number of amides is 1. The Morgan fingerprint density at radius 1 is 1.12 bits per heavy atom. The molecule has 1 aliphatic rings. The second kappa shape index (κ2) is 8.60. The van der Waals surface area contributed by atoms with Crippen LogP contribution in [-0.2, 0) is 4.79 Å². The van der Waals surface area contributed by atoms with E-state index in [0.717, 1.165) is 12.8 Å². The molecule has 1 rings (SSSR count). The Morgan fingerprint density at radius 2 is 1.88 bits per heavy atom. The molecule has 0 aromatic heterocycles. The van der Waals surface area contributed by atoms with E-state index < -0.39 is 0 Å². The molecule has 0 saturated carbocycles. The Bertz CT molecular complexity index is 191. The van der Waals surface area contributed by atoms with Crippen molar-refractivity contribution in [3.8, 4) is 0 Å². The Hall–Kier alpha value is -0.530. The molecular weight excluding hydrogens is 198 g/mol. The fourth-order valence-corrected chi connectivity index (χ4v) is 2.44. The van der Waals surface area contributed by atoms with E-state index in [9.17, 15) is 4.79 Å². The number of carbonyl (C=O) groups is 1. The summed E-state index contributed by atoms with van der Waals surface area (Å²) in [6.07, 6.45) is 13.5. The number of hydrogen-bond donors (Lipinski definition) is 1. The minimum Gasteiger partial charge on any atom is -0.353 e. The first-order chi connectivity index (χ1) is 7.83. The SMILES string of the molecule is CCCCCCCCC1CCCCC(=O)N1. The highest BCUT2D eigenvalue weighted by Crippen LogP contribution is 2.15. The number of rotatable bonds is 7. The van der Waals surface area contributed by atoms with Crippen LogP contribution in [0.1, 0.15) is 77.6 Å². The Kier molecular flexibility index (Phi) is 7.28. The van der Waals surface area contributed by atoms with Crippen molar-refractivity contribution < 1.29 is 4.79 Å². The molecule has 0 aromatic rings. The maximum absolute atomic E-state index is 11.4. The van der Waals surface area contributed by atoms with Crippen LogP contribution in [0.15, 0.2) is 0 Å². The Morgan fingerprint density at radius 3 is 2.69 bits per heavy atom. The molecule has 1 fully saturated rings. The van der Waals surface area contributed by atoms with E-state index >= 15 is 0 Å². The molecule has 0 radical (unpaired) electrons. The molecule has 0 aliphatic carbocycles. The first-order valence-electron chi connectivity index (χ1n) is 7.12. The van der Waals surface area contributed by atoms with Crippen molar-refractivity contribution in [2.75, 3.05) is 0 Å². The summed E-state index contributed by atoms with van der Waals surface area (Å²) < 4.78 is 0. The predicted molar refractivity (Wildman–Crippen MR) is 68.4 cm³/mol. The van der Waals surface area contributed by atoms with Gasteiger partial charge in [-0.15, -0.1) is 0 Å². The van der Waals surface area contributed by atoms with Gasteiger partial charge in [-0.1, -0.05) is 51.9 Å². The van der Waals surface area contributed by atoms with E-state index in [-0.39, 0.29) is 5.91 Å². The van der Waals surface area contributed by atoms with Gasteiger partial charge >= 0.3 is 0 Å². The third-order valence-electron chi connectivity index (χ3n) is 3.48. The molecule has 16 heavy (non-hydrogen) atoms. The van der Waals surface area contributed by atoms with Gasteiger partial charge in [0.05, 0.1) is 0 Å². The molecule has 1 amide bonds. The van der Waals surface area contributed by atoms with E-state index in [0.29, 0.717) is 6.04 Å². The fraction of sp³-hybridized carbons (Fsp3) is 0.929. The largest absolute Gasteiger partial charge is 0.353 e. The maximum Gasteiger partial charge on any atom is 0.220 e. The van der Waals surface area contributed by atoms with Crippen LogP contribution in [0.2, 0.25) is 0 Å².